The molecule has 1 N–H and O–H groups in total. The second-order valence-electron chi connectivity index (χ2n) is 4.76. The van der Waals surface area contributed by atoms with Gasteiger partial charge in [0.25, 0.3) is 11.1 Å². The van der Waals surface area contributed by atoms with Gasteiger partial charge < -0.3 is 4.42 Å². The maximum atomic E-state index is 11.8. The van der Waals surface area contributed by atoms with Gasteiger partial charge in [-0.2, -0.15) is 10.4 Å². The number of hydrogen-bond donors (Lipinski definition) is 1. The van der Waals surface area contributed by atoms with Crippen molar-refractivity contribution < 1.29 is 9.21 Å². The van der Waals surface area contributed by atoms with Crippen LogP contribution in [0.15, 0.2) is 63.3 Å². The molecule has 0 aliphatic carbocycles. The fourth-order valence-corrected chi connectivity index (χ4v) is 2.53. The monoisotopic (exact) mass is 336 g/mol. The van der Waals surface area contributed by atoms with E-state index >= 15 is 0 Å². The summed E-state index contributed by atoms with van der Waals surface area (Å²) in [6.45, 7) is 0. The third-order valence-electron chi connectivity index (χ3n) is 3.04. The van der Waals surface area contributed by atoms with Gasteiger partial charge >= 0.3 is 0 Å². The number of amides is 1. The van der Waals surface area contributed by atoms with E-state index in [2.05, 4.69) is 15.5 Å². The van der Waals surface area contributed by atoms with E-state index in [9.17, 15) is 4.79 Å². The van der Waals surface area contributed by atoms with Crippen LogP contribution in [0.2, 0.25) is 0 Å². The van der Waals surface area contributed by atoms with Crippen LogP contribution in [0.25, 0.3) is 11.1 Å². The van der Waals surface area contributed by atoms with Crippen molar-refractivity contribution in [1.29, 1.82) is 5.26 Å². The van der Waals surface area contributed by atoms with Gasteiger partial charge in [-0.1, -0.05) is 36.0 Å². The number of para-hydroxylation sites is 2. The lowest BCUT2D eigenvalue weighted by Gasteiger charge is -1.97. The van der Waals surface area contributed by atoms with Gasteiger partial charge in [0.05, 0.1) is 23.6 Å². The Morgan fingerprint density at radius 2 is 2.08 bits per heavy atom. The molecule has 3 rings (SSSR count). The number of hydrazone groups is 1. The van der Waals surface area contributed by atoms with Crippen molar-refractivity contribution in [2.75, 3.05) is 5.75 Å². The van der Waals surface area contributed by atoms with E-state index in [0.717, 1.165) is 11.1 Å². The molecule has 0 aliphatic heterocycles. The summed E-state index contributed by atoms with van der Waals surface area (Å²) in [6, 6.07) is 16.3. The van der Waals surface area contributed by atoms with Crippen LogP contribution in [0.1, 0.15) is 11.1 Å². The number of nitriles is 1. The molecule has 0 aliphatic rings. The summed E-state index contributed by atoms with van der Waals surface area (Å²) >= 11 is 1.21. The van der Waals surface area contributed by atoms with Crippen molar-refractivity contribution in [3.8, 4) is 6.07 Å². The largest absolute Gasteiger partial charge is 0.431 e. The van der Waals surface area contributed by atoms with Crippen LogP contribution in [-0.4, -0.2) is 22.9 Å². The summed E-state index contributed by atoms with van der Waals surface area (Å²) in [5, 5.41) is 13.0. The molecule has 1 heterocycles. The van der Waals surface area contributed by atoms with Crippen molar-refractivity contribution in [2.24, 2.45) is 5.10 Å². The Labute approximate surface area is 142 Å². The molecule has 3 aromatic rings. The van der Waals surface area contributed by atoms with E-state index in [4.69, 9.17) is 9.68 Å². The van der Waals surface area contributed by atoms with Crippen LogP contribution < -0.4 is 5.43 Å². The zero-order valence-corrected chi connectivity index (χ0v) is 13.3. The summed E-state index contributed by atoms with van der Waals surface area (Å²) in [5.74, 6) is -0.107. The van der Waals surface area contributed by atoms with Gasteiger partial charge in [0, 0.05) is 0 Å². The van der Waals surface area contributed by atoms with Crippen molar-refractivity contribution in [3.63, 3.8) is 0 Å². The topological polar surface area (TPSA) is 91.3 Å². The normalized spacial score (nSPS) is 10.8. The highest BCUT2D eigenvalue weighted by Gasteiger charge is 2.08. The summed E-state index contributed by atoms with van der Waals surface area (Å²) in [4.78, 5) is 16.0. The average Bonchev–Trinajstić information content (AvgIpc) is 3.03. The molecular formula is C17H12N4O2S. The van der Waals surface area contributed by atoms with Crippen molar-refractivity contribution in [2.45, 2.75) is 5.22 Å². The van der Waals surface area contributed by atoms with Crippen molar-refractivity contribution in [1.82, 2.24) is 10.4 Å². The maximum Gasteiger partial charge on any atom is 0.257 e. The summed E-state index contributed by atoms with van der Waals surface area (Å²) < 4.78 is 5.52. The first-order chi connectivity index (χ1) is 11.7. The van der Waals surface area contributed by atoms with Gasteiger partial charge in [0.2, 0.25) is 0 Å². The number of oxazole rings is 1. The quantitative estimate of drug-likeness (QED) is 0.439. The molecule has 0 saturated heterocycles. The highest BCUT2D eigenvalue weighted by Crippen LogP contribution is 2.22. The van der Waals surface area contributed by atoms with Gasteiger partial charge in [-0.25, -0.2) is 10.4 Å². The number of hydrogen-bond acceptors (Lipinski definition) is 6. The minimum Gasteiger partial charge on any atom is -0.431 e. The van der Waals surface area contributed by atoms with Crippen LogP contribution in [0.4, 0.5) is 0 Å². The second kappa shape index (κ2) is 7.44. The molecule has 0 bridgehead atoms. The first-order valence-corrected chi connectivity index (χ1v) is 8.03. The molecule has 24 heavy (non-hydrogen) atoms. The number of benzene rings is 2. The highest BCUT2D eigenvalue weighted by molar-refractivity contribution is 7.99. The van der Waals surface area contributed by atoms with Gasteiger partial charge in [0.15, 0.2) is 5.58 Å². The standard InChI is InChI=1S/C17H12N4O2S/c18-9-12-5-7-13(8-6-12)10-19-21-16(22)11-24-17-20-14-3-1-2-4-15(14)23-17/h1-8,10H,11H2,(H,21,22)/b19-10-. The van der Waals surface area contributed by atoms with Gasteiger partial charge in [-0.05, 0) is 29.8 Å². The fourth-order valence-electron chi connectivity index (χ4n) is 1.89. The minimum atomic E-state index is -0.257. The van der Waals surface area contributed by atoms with E-state index in [-0.39, 0.29) is 11.7 Å². The van der Waals surface area contributed by atoms with E-state index in [1.54, 1.807) is 24.3 Å². The van der Waals surface area contributed by atoms with E-state index in [1.165, 1.54) is 18.0 Å². The zero-order chi connectivity index (χ0) is 16.8. The number of fused-ring (bicyclic) bond motifs is 1. The highest BCUT2D eigenvalue weighted by atomic mass is 32.2. The van der Waals surface area contributed by atoms with Crippen LogP contribution in [0, 0.1) is 11.3 Å². The SMILES string of the molecule is N#Cc1ccc(/C=N\NC(=O)CSc2nc3ccccc3o2)cc1. The van der Waals surface area contributed by atoms with Crippen LogP contribution in [-0.2, 0) is 4.79 Å². The predicted molar refractivity (Wildman–Crippen MR) is 91.6 cm³/mol. The van der Waals surface area contributed by atoms with Crippen molar-refractivity contribution in [3.05, 3.63) is 59.7 Å². The van der Waals surface area contributed by atoms with Crippen LogP contribution in [0.3, 0.4) is 0 Å². The molecule has 0 atom stereocenters. The van der Waals surface area contributed by atoms with Gasteiger partial charge in [-0.15, -0.1) is 0 Å². The molecule has 118 valence electrons. The number of nitrogens with zero attached hydrogens (tertiary/aromatic N) is 3. The zero-order valence-electron chi connectivity index (χ0n) is 12.5. The molecular weight excluding hydrogens is 324 g/mol. The molecule has 0 spiro atoms. The fraction of sp³-hybridized carbons (Fsp3) is 0.0588. The Hall–Kier alpha value is -3.11. The predicted octanol–water partition coefficient (Wildman–Crippen LogP) is 2.94. The lowest BCUT2D eigenvalue weighted by Crippen LogP contribution is -2.19. The van der Waals surface area contributed by atoms with Crippen LogP contribution in [0.5, 0.6) is 0 Å². The third kappa shape index (κ3) is 4.00. The lowest BCUT2D eigenvalue weighted by molar-refractivity contribution is -0.118. The van der Waals surface area contributed by atoms with Crippen molar-refractivity contribution >= 4 is 35.0 Å². The lowest BCUT2D eigenvalue weighted by atomic mass is 10.2. The number of nitrogens with one attached hydrogen (secondary N) is 1. The molecule has 1 amide bonds. The maximum absolute atomic E-state index is 11.8. The Bertz CT molecular complexity index is 893. The summed E-state index contributed by atoms with van der Waals surface area (Å²) in [5.41, 5.74) is 5.26. The molecule has 6 nitrogen and oxygen atoms in total. The molecule has 0 unspecified atom stereocenters. The second-order valence-corrected chi connectivity index (χ2v) is 5.69. The van der Waals surface area contributed by atoms with Gasteiger partial charge in [-0.3, -0.25) is 4.79 Å². The molecule has 1 aromatic heterocycles. The van der Waals surface area contributed by atoms with E-state index in [0.29, 0.717) is 16.4 Å². The third-order valence-corrected chi connectivity index (χ3v) is 3.87. The molecule has 7 heteroatoms. The van der Waals surface area contributed by atoms with E-state index in [1.807, 2.05) is 30.3 Å². The Morgan fingerprint density at radius 1 is 1.29 bits per heavy atom. The number of rotatable bonds is 5. The Morgan fingerprint density at radius 3 is 2.83 bits per heavy atom. The minimum absolute atomic E-state index is 0.150. The first kappa shape index (κ1) is 15.8. The van der Waals surface area contributed by atoms with Gasteiger partial charge in [0.1, 0.15) is 5.52 Å². The summed E-state index contributed by atoms with van der Waals surface area (Å²) in [6.07, 6.45) is 1.52. The molecule has 0 fully saturated rings. The smallest absolute Gasteiger partial charge is 0.257 e. The summed E-state index contributed by atoms with van der Waals surface area (Å²) in [7, 11) is 0. The molecule has 0 saturated carbocycles. The number of carbonyl (C=O) groups is 1. The molecule has 0 radical (unpaired) electrons. The first-order valence-electron chi connectivity index (χ1n) is 7.05. The number of thioether (sulfide) groups is 1. The Balaban J connectivity index is 1.50. The molecule has 2 aromatic carbocycles. The Kier molecular flexibility index (Phi) is 4.89. The number of aromatic nitrogens is 1. The average molecular weight is 336 g/mol. The van der Waals surface area contributed by atoms with Crippen LogP contribution >= 0.6 is 11.8 Å². The number of carbonyl (C=O) groups excluding carboxylic acids is 1. The van der Waals surface area contributed by atoms with E-state index < -0.39 is 0 Å².